The summed E-state index contributed by atoms with van der Waals surface area (Å²) in [5, 5.41) is 9.66. The lowest BCUT2D eigenvalue weighted by Crippen LogP contribution is -2.57. The van der Waals surface area contributed by atoms with E-state index in [4.69, 9.17) is 4.74 Å². The second-order valence-electron chi connectivity index (χ2n) is 7.36. The number of benzene rings is 1. The molecule has 0 spiro atoms. The van der Waals surface area contributed by atoms with Crippen LogP contribution >= 0.6 is 11.9 Å². The standard InChI is InChI=1S/C18H27N5OS/c1-2-18-15(11-23(25-18)22-5-3-19-4-6-22)9-14(1)17-12-21-7-8-24-13-16(21)10-20-17/h1-2,9,16-17,19-20H,3-8,10-13H2. The Labute approximate surface area is 154 Å². The van der Waals surface area contributed by atoms with Crippen LogP contribution in [0.2, 0.25) is 0 Å². The van der Waals surface area contributed by atoms with E-state index in [0.29, 0.717) is 12.1 Å². The fourth-order valence-electron chi connectivity index (χ4n) is 4.27. The molecule has 25 heavy (non-hydrogen) atoms. The molecule has 0 amide bonds. The Bertz CT molecular complexity index is 623. The summed E-state index contributed by atoms with van der Waals surface area (Å²) < 4.78 is 8.06. The van der Waals surface area contributed by atoms with Crippen LogP contribution < -0.4 is 10.6 Å². The molecule has 3 saturated heterocycles. The van der Waals surface area contributed by atoms with E-state index in [1.165, 1.54) is 16.0 Å². The van der Waals surface area contributed by atoms with Gasteiger partial charge in [0.1, 0.15) is 0 Å². The summed E-state index contributed by atoms with van der Waals surface area (Å²) in [5.74, 6) is 0. The molecule has 4 aliphatic rings. The van der Waals surface area contributed by atoms with Gasteiger partial charge in [0.25, 0.3) is 0 Å². The lowest BCUT2D eigenvalue weighted by Gasteiger charge is -2.43. The van der Waals surface area contributed by atoms with Crippen LogP contribution in [-0.2, 0) is 11.3 Å². The van der Waals surface area contributed by atoms with Crippen molar-refractivity contribution in [2.45, 2.75) is 23.5 Å². The fourth-order valence-corrected chi connectivity index (χ4v) is 5.35. The Balaban J connectivity index is 1.28. The molecule has 3 fully saturated rings. The molecule has 1 aromatic carbocycles. The van der Waals surface area contributed by atoms with Gasteiger partial charge in [-0.3, -0.25) is 4.90 Å². The van der Waals surface area contributed by atoms with Crippen molar-refractivity contribution in [3.63, 3.8) is 0 Å². The number of rotatable bonds is 2. The van der Waals surface area contributed by atoms with E-state index in [1.807, 2.05) is 11.9 Å². The van der Waals surface area contributed by atoms with Crippen LogP contribution in [0.15, 0.2) is 23.1 Å². The van der Waals surface area contributed by atoms with E-state index in [-0.39, 0.29) is 0 Å². The maximum atomic E-state index is 5.61. The molecule has 1 aromatic rings. The Morgan fingerprint density at radius 2 is 2.08 bits per heavy atom. The number of morpholine rings is 1. The minimum atomic E-state index is 0.442. The first-order valence-electron chi connectivity index (χ1n) is 9.46. The van der Waals surface area contributed by atoms with Crippen LogP contribution in [0, 0.1) is 0 Å². The summed E-state index contributed by atoms with van der Waals surface area (Å²) in [7, 11) is 0. The van der Waals surface area contributed by atoms with Crippen molar-refractivity contribution in [1.29, 1.82) is 0 Å². The third kappa shape index (κ3) is 3.35. The minimum absolute atomic E-state index is 0.442. The zero-order valence-corrected chi connectivity index (χ0v) is 15.4. The molecule has 5 rings (SSSR count). The van der Waals surface area contributed by atoms with Gasteiger partial charge in [0, 0.05) is 62.8 Å². The second-order valence-corrected chi connectivity index (χ2v) is 8.40. The number of hydrogen-bond acceptors (Lipinski definition) is 7. The first-order chi connectivity index (χ1) is 12.4. The summed E-state index contributed by atoms with van der Waals surface area (Å²) in [5.41, 5.74) is 2.92. The number of piperazine rings is 2. The van der Waals surface area contributed by atoms with Gasteiger partial charge in [-0.05, 0) is 29.1 Å². The van der Waals surface area contributed by atoms with Crippen LogP contribution in [-0.4, -0.2) is 79.4 Å². The average molecular weight is 362 g/mol. The zero-order valence-electron chi connectivity index (χ0n) is 14.6. The van der Waals surface area contributed by atoms with Crippen molar-refractivity contribution in [3.05, 3.63) is 29.3 Å². The lowest BCUT2D eigenvalue weighted by molar-refractivity contribution is -0.0263. The van der Waals surface area contributed by atoms with E-state index in [9.17, 15) is 0 Å². The zero-order chi connectivity index (χ0) is 16.6. The van der Waals surface area contributed by atoms with Gasteiger partial charge in [-0.25, -0.2) is 5.01 Å². The van der Waals surface area contributed by atoms with Crippen molar-refractivity contribution < 1.29 is 4.74 Å². The van der Waals surface area contributed by atoms with Gasteiger partial charge in [-0.15, -0.1) is 0 Å². The number of nitrogens with zero attached hydrogens (tertiary/aromatic N) is 3. The van der Waals surface area contributed by atoms with Crippen molar-refractivity contribution in [1.82, 2.24) is 25.0 Å². The molecule has 6 nitrogen and oxygen atoms in total. The van der Waals surface area contributed by atoms with E-state index >= 15 is 0 Å². The van der Waals surface area contributed by atoms with E-state index in [2.05, 4.69) is 43.2 Å². The maximum absolute atomic E-state index is 5.61. The first-order valence-corrected chi connectivity index (χ1v) is 10.2. The van der Waals surface area contributed by atoms with E-state index in [0.717, 1.165) is 65.6 Å². The molecule has 2 atom stereocenters. The van der Waals surface area contributed by atoms with Gasteiger partial charge >= 0.3 is 0 Å². The Hall–Kier alpha value is -0.670. The fraction of sp³-hybridized carbons (Fsp3) is 0.667. The predicted molar refractivity (Wildman–Crippen MR) is 99.2 cm³/mol. The molecule has 7 heteroatoms. The van der Waals surface area contributed by atoms with Gasteiger partial charge in [0.05, 0.1) is 19.8 Å². The SMILES string of the molecule is c1cc2c(cc1C1CN3CCOCC3CN1)CN(N1CCNCC1)S2. The molecule has 2 unspecified atom stereocenters. The molecule has 0 bridgehead atoms. The average Bonchev–Trinajstić information content (AvgIpc) is 3.11. The van der Waals surface area contributed by atoms with Crippen LogP contribution in [0.1, 0.15) is 17.2 Å². The molecule has 0 radical (unpaired) electrons. The molecule has 0 saturated carbocycles. The maximum Gasteiger partial charge on any atom is 0.0634 e. The summed E-state index contributed by atoms with van der Waals surface area (Å²) in [6, 6.07) is 8.08. The van der Waals surface area contributed by atoms with Gasteiger partial charge in [-0.2, -0.15) is 4.41 Å². The normalized spacial score (nSPS) is 31.7. The first kappa shape index (κ1) is 16.5. The second kappa shape index (κ2) is 7.15. The highest BCUT2D eigenvalue weighted by atomic mass is 32.2. The van der Waals surface area contributed by atoms with Crippen molar-refractivity contribution in [3.8, 4) is 0 Å². The third-order valence-corrected chi connectivity index (χ3v) is 6.94. The van der Waals surface area contributed by atoms with E-state index < -0.39 is 0 Å². The third-order valence-electron chi connectivity index (χ3n) is 5.77. The molecule has 0 aromatic heterocycles. The number of fused-ring (bicyclic) bond motifs is 2. The van der Waals surface area contributed by atoms with Gasteiger partial charge < -0.3 is 15.4 Å². The Morgan fingerprint density at radius 1 is 1.16 bits per heavy atom. The summed E-state index contributed by atoms with van der Waals surface area (Å²) in [6.07, 6.45) is 0. The largest absolute Gasteiger partial charge is 0.378 e. The van der Waals surface area contributed by atoms with Gasteiger partial charge in [0.15, 0.2) is 0 Å². The van der Waals surface area contributed by atoms with Crippen molar-refractivity contribution in [2.75, 3.05) is 59.0 Å². The monoisotopic (exact) mass is 361 g/mol. The molecular weight excluding hydrogens is 334 g/mol. The molecule has 4 heterocycles. The highest BCUT2D eigenvalue weighted by Gasteiger charge is 2.32. The van der Waals surface area contributed by atoms with Crippen molar-refractivity contribution in [2.24, 2.45) is 0 Å². The van der Waals surface area contributed by atoms with Gasteiger partial charge in [-0.1, -0.05) is 12.1 Å². The van der Waals surface area contributed by atoms with Crippen LogP contribution in [0.4, 0.5) is 0 Å². The Kier molecular flexibility index (Phi) is 4.72. The van der Waals surface area contributed by atoms with Crippen LogP contribution in [0.3, 0.4) is 0 Å². The smallest absolute Gasteiger partial charge is 0.0634 e. The lowest BCUT2D eigenvalue weighted by atomic mass is 9.99. The number of ether oxygens (including phenoxy) is 1. The summed E-state index contributed by atoms with van der Waals surface area (Å²) in [6.45, 7) is 10.4. The van der Waals surface area contributed by atoms with Crippen LogP contribution in [0.25, 0.3) is 0 Å². The quantitative estimate of drug-likeness (QED) is 0.751. The Morgan fingerprint density at radius 3 is 3.00 bits per heavy atom. The molecule has 0 aliphatic carbocycles. The van der Waals surface area contributed by atoms with E-state index in [1.54, 1.807) is 0 Å². The highest BCUT2D eigenvalue weighted by molar-refractivity contribution is 7.97. The minimum Gasteiger partial charge on any atom is -0.378 e. The molecule has 2 N–H and O–H groups in total. The number of hydrazine groups is 1. The predicted octanol–water partition coefficient (Wildman–Crippen LogP) is 0.675. The highest BCUT2D eigenvalue weighted by Crippen LogP contribution is 2.38. The molecule has 4 aliphatic heterocycles. The molecule has 136 valence electrons. The number of hydrogen-bond donors (Lipinski definition) is 2. The van der Waals surface area contributed by atoms with Crippen LogP contribution in [0.5, 0.6) is 0 Å². The topological polar surface area (TPSA) is 43.0 Å². The van der Waals surface area contributed by atoms with Crippen molar-refractivity contribution >= 4 is 11.9 Å². The number of nitrogens with one attached hydrogen (secondary N) is 2. The van der Waals surface area contributed by atoms with Gasteiger partial charge in [0.2, 0.25) is 0 Å². The molecular formula is C18H27N5OS. The summed E-state index contributed by atoms with van der Waals surface area (Å²) >= 11 is 1.90. The summed E-state index contributed by atoms with van der Waals surface area (Å²) in [4.78, 5) is 4.02.